The summed E-state index contributed by atoms with van der Waals surface area (Å²) < 4.78 is 6.99. The van der Waals surface area contributed by atoms with Gasteiger partial charge in [-0.15, -0.1) is 0 Å². The minimum atomic E-state index is -1.01. The Labute approximate surface area is 125 Å². The Bertz CT molecular complexity index is 536. The first-order valence-corrected chi connectivity index (χ1v) is 7.75. The predicted molar refractivity (Wildman–Crippen MR) is 78.8 cm³/mol. The molecule has 1 aliphatic carbocycles. The summed E-state index contributed by atoms with van der Waals surface area (Å²) in [5.74, 6) is -0.347. The van der Waals surface area contributed by atoms with Crippen LogP contribution in [0.4, 0.5) is 0 Å². The van der Waals surface area contributed by atoms with Crippen LogP contribution < -0.4 is 0 Å². The summed E-state index contributed by atoms with van der Waals surface area (Å²) >= 11 is 0. The van der Waals surface area contributed by atoms with Crippen molar-refractivity contribution >= 4 is 11.8 Å². The number of hydrogen-bond acceptors (Lipinski definition) is 4. The lowest BCUT2D eigenvalue weighted by atomic mass is 9.70. The van der Waals surface area contributed by atoms with Crippen molar-refractivity contribution in [2.75, 3.05) is 6.61 Å². The molecule has 1 unspecified atom stereocenters. The van der Waals surface area contributed by atoms with Crippen LogP contribution in [0, 0.1) is 5.41 Å². The maximum absolute atomic E-state index is 12.5. The van der Waals surface area contributed by atoms with E-state index in [1.165, 1.54) is 0 Å². The van der Waals surface area contributed by atoms with Gasteiger partial charge in [0.25, 0.3) is 0 Å². The Morgan fingerprint density at radius 1 is 1.43 bits per heavy atom. The third-order valence-corrected chi connectivity index (χ3v) is 4.33. The molecule has 1 aliphatic rings. The number of ether oxygens (including phenoxy) is 1. The molecule has 0 amide bonds. The van der Waals surface area contributed by atoms with Crippen molar-refractivity contribution in [1.82, 2.24) is 9.78 Å². The summed E-state index contributed by atoms with van der Waals surface area (Å²) in [5.41, 5.74) is 0.900. The molecule has 1 saturated carbocycles. The van der Waals surface area contributed by atoms with Crippen molar-refractivity contribution < 1.29 is 14.3 Å². The molecule has 116 valence electrons. The summed E-state index contributed by atoms with van der Waals surface area (Å²) in [6.45, 7) is 4.12. The minimum absolute atomic E-state index is 0.0199. The molecule has 0 aliphatic heterocycles. The molecule has 0 bridgehead atoms. The molecular weight excluding hydrogens is 268 g/mol. The lowest BCUT2D eigenvalue weighted by molar-refractivity contribution is -0.162. The van der Waals surface area contributed by atoms with Crippen LogP contribution in [-0.4, -0.2) is 28.1 Å². The van der Waals surface area contributed by atoms with Crippen LogP contribution in [0.5, 0.6) is 0 Å². The Kier molecular flexibility index (Phi) is 4.80. The zero-order chi connectivity index (χ0) is 15.5. The van der Waals surface area contributed by atoms with Crippen LogP contribution in [-0.2, 0) is 34.2 Å². The quantitative estimate of drug-likeness (QED) is 0.616. The molecule has 1 aromatic rings. The van der Waals surface area contributed by atoms with Crippen LogP contribution in [0.3, 0.4) is 0 Å². The molecule has 5 nitrogen and oxygen atoms in total. The summed E-state index contributed by atoms with van der Waals surface area (Å²) in [6.07, 6.45) is 4.05. The van der Waals surface area contributed by atoms with Crippen molar-refractivity contribution in [3.63, 3.8) is 0 Å². The molecule has 1 atom stereocenters. The highest BCUT2D eigenvalue weighted by Crippen LogP contribution is 2.38. The smallest absolute Gasteiger partial charge is 0.320 e. The van der Waals surface area contributed by atoms with E-state index >= 15 is 0 Å². The second kappa shape index (κ2) is 6.41. The van der Waals surface area contributed by atoms with Gasteiger partial charge in [0.15, 0.2) is 5.78 Å². The van der Waals surface area contributed by atoms with Gasteiger partial charge in [-0.25, -0.2) is 0 Å². The number of carbonyl (C=O) groups excluding carboxylic acids is 2. The fourth-order valence-electron chi connectivity index (χ4n) is 3.05. The number of nitrogens with zero attached hydrogens (tertiary/aromatic N) is 2. The van der Waals surface area contributed by atoms with Gasteiger partial charge >= 0.3 is 5.97 Å². The molecule has 21 heavy (non-hydrogen) atoms. The first-order chi connectivity index (χ1) is 10.0. The Morgan fingerprint density at radius 2 is 2.19 bits per heavy atom. The second-order valence-electron chi connectivity index (χ2n) is 5.71. The number of ketones is 1. The number of aromatic nitrogens is 2. The van der Waals surface area contributed by atoms with Gasteiger partial charge in [0.2, 0.25) is 0 Å². The van der Waals surface area contributed by atoms with Gasteiger partial charge in [-0.3, -0.25) is 14.3 Å². The molecule has 0 saturated heterocycles. The Balaban J connectivity index is 2.33. The fourth-order valence-corrected chi connectivity index (χ4v) is 3.05. The van der Waals surface area contributed by atoms with Gasteiger partial charge in [-0.1, -0.05) is 13.3 Å². The van der Waals surface area contributed by atoms with Gasteiger partial charge in [0.1, 0.15) is 5.41 Å². The summed E-state index contributed by atoms with van der Waals surface area (Å²) in [6, 6.07) is 1.99. The zero-order valence-electron chi connectivity index (χ0n) is 13.1. The van der Waals surface area contributed by atoms with Gasteiger partial charge in [0, 0.05) is 25.6 Å². The zero-order valence-corrected chi connectivity index (χ0v) is 13.1. The number of carbonyl (C=O) groups is 2. The molecule has 1 aromatic heterocycles. The van der Waals surface area contributed by atoms with Crippen molar-refractivity contribution in [2.24, 2.45) is 12.5 Å². The highest BCUT2D eigenvalue weighted by molar-refractivity contribution is 6.04. The summed E-state index contributed by atoms with van der Waals surface area (Å²) in [4.78, 5) is 24.9. The number of esters is 1. The van der Waals surface area contributed by atoms with E-state index in [1.54, 1.807) is 11.6 Å². The van der Waals surface area contributed by atoms with E-state index in [0.717, 1.165) is 30.7 Å². The lowest BCUT2D eigenvalue weighted by Gasteiger charge is -2.33. The normalized spacial score (nSPS) is 22.3. The summed E-state index contributed by atoms with van der Waals surface area (Å²) in [5, 5.41) is 4.41. The highest BCUT2D eigenvalue weighted by atomic mass is 16.5. The molecule has 5 heteroatoms. The van der Waals surface area contributed by atoms with E-state index in [9.17, 15) is 9.59 Å². The molecular formula is C16H24N2O3. The Morgan fingerprint density at radius 3 is 2.76 bits per heavy atom. The van der Waals surface area contributed by atoms with Gasteiger partial charge in [-0.05, 0) is 32.3 Å². The highest BCUT2D eigenvalue weighted by Gasteiger charge is 2.48. The molecule has 1 heterocycles. The van der Waals surface area contributed by atoms with Gasteiger partial charge < -0.3 is 4.74 Å². The van der Waals surface area contributed by atoms with Crippen molar-refractivity contribution in [2.45, 2.75) is 52.4 Å². The van der Waals surface area contributed by atoms with E-state index < -0.39 is 5.41 Å². The van der Waals surface area contributed by atoms with Crippen molar-refractivity contribution in [3.8, 4) is 0 Å². The largest absolute Gasteiger partial charge is 0.465 e. The molecule has 0 N–H and O–H groups in total. The summed E-state index contributed by atoms with van der Waals surface area (Å²) in [7, 11) is 1.86. The second-order valence-corrected chi connectivity index (χ2v) is 5.71. The number of Topliss-reactive ketones (excluding diaryl/α,β-unsaturated/α-hetero) is 1. The molecule has 2 rings (SSSR count). The SMILES string of the molecule is CCOC(=O)C1(Cc2cc(CC)nn2C)CCCCC1=O. The average molecular weight is 292 g/mol. The van der Waals surface area contributed by atoms with Crippen LogP contribution in [0.2, 0.25) is 0 Å². The minimum Gasteiger partial charge on any atom is -0.465 e. The fraction of sp³-hybridized carbons (Fsp3) is 0.688. The first-order valence-electron chi connectivity index (χ1n) is 7.75. The third-order valence-electron chi connectivity index (χ3n) is 4.33. The van der Waals surface area contributed by atoms with Crippen molar-refractivity contribution in [1.29, 1.82) is 0 Å². The van der Waals surface area contributed by atoms with Crippen molar-refractivity contribution in [3.05, 3.63) is 17.5 Å². The predicted octanol–water partition coefficient (Wildman–Crippen LogP) is 2.22. The maximum Gasteiger partial charge on any atom is 0.320 e. The van der Waals surface area contributed by atoms with Crippen LogP contribution in [0.25, 0.3) is 0 Å². The Hall–Kier alpha value is -1.65. The van der Waals surface area contributed by atoms with E-state index in [-0.39, 0.29) is 11.8 Å². The van der Waals surface area contributed by atoms with E-state index in [0.29, 0.717) is 25.9 Å². The number of rotatable bonds is 5. The van der Waals surface area contributed by atoms with Gasteiger partial charge in [-0.2, -0.15) is 5.10 Å². The van der Waals surface area contributed by atoms with Crippen LogP contribution in [0.15, 0.2) is 6.07 Å². The van der Waals surface area contributed by atoms with E-state index in [4.69, 9.17) is 4.74 Å². The molecule has 1 fully saturated rings. The topological polar surface area (TPSA) is 61.2 Å². The lowest BCUT2D eigenvalue weighted by Crippen LogP contribution is -2.45. The number of hydrogen-bond donors (Lipinski definition) is 0. The standard InChI is InChI=1S/C16H24N2O3/c1-4-12-10-13(18(3)17-12)11-16(15(20)21-5-2)9-7-6-8-14(16)19/h10H,4-9,11H2,1-3H3. The van der Waals surface area contributed by atoms with E-state index in [2.05, 4.69) is 5.10 Å². The molecule has 0 radical (unpaired) electrons. The molecule has 0 spiro atoms. The van der Waals surface area contributed by atoms with Crippen LogP contribution in [0.1, 0.15) is 50.9 Å². The maximum atomic E-state index is 12.5. The third kappa shape index (κ3) is 3.01. The number of aryl methyl sites for hydroxylation is 2. The first kappa shape index (κ1) is 15.7. The van der Waals surface area contributed by atoms with Crippen LogP contribution >= 0.6 is 0 Å². The van der Waals surface area contributed by atoms with Gasteiger partial charge in [0.05, 0.1) is 12.3 Å². The monoisotopic (exact) mass is 292 g/mol. The molecule has 0 aromatic carbocycles. The average Bonchev–Trinajstić information content (AvgIpc) is 2.82. The van der Waals surface area contributed by atoms with E-state index in [1.807, 2.05) is 20.0 Å².